The highest BCUT2D eigenvalue weighted by Crippen LogP contribution is 2.26. The predicted octanol–water partition coefficient (Wildman–Crippen LogP) is 4.35. The van der Waals surface area contributed by atoms with Gasteiger partial charge in [-0.2, -0.15) is 0 Å². The van der Waals surface area contributed by atoms with E-state index >= 15 is 0 Å². The highest BCUT2D eigenvalue weighted by atomic mass is 32.2. The second-order valence-electron chi connectivity index (χ2n) is 4.41. The molecular weight excluding hydrogens is 280 g/mol. The molecule has 0 saturated carbocycles. The van der Waals surface area contributed by atoms with Gasteiger partial charge in [0.05, 0.1) is 12.3 Å². The summed E-state index contributed by atoms with van der Waals surface area (Å²) in [6.07, 6.45) is 1.08. The van der Waals surface area contributed by atoms with Gasteiger partial charge in [0.2, 0.25) is 0 Å². The molecular formula is C15H17F2NOS. The number of rotatable bonds is 7. The lowest BCUT2D eigenvalue weighted by Gasteiger charge is -2.02. The summed E-state index contributed by atoms with van der Waals surface area (Å²) < 4.78 is 31.9. The minimum absolute atomic E-state index is 0.424. The molecule has 0 saturated heterocycles. The SMILES string of the molecule is CCCNCc1ccc(CSc2ccc(F)cc2F)o1. The minimum Gasteiger partial charge on any atom is -0.464 e. The molecule has 0 amide bonds. The first-order valence-corrected chi connectivity index (χ1v) is 7.53. The van der Waals surface area contributed by atoms with E-state index in [1.54, 1.807) is 0 Å². The van der Waals surface area contributed by atoms with Gasteiger partial charge in [0.1, 0.15) is 23.2 Å². The van der Waals surface area contributed by atoms with Gasteiger partial charge in [0.25, 0.3) is 0 Å². The second-order valence-corrected chi connectivity index (χ2v) is 5.43. The Labute approximate surface area is 121 Å². The van der Waals surface area contributed by atoms with Crippen molar-refractivity contribution >= 4 is 11.8 Å². The Morgan fingerprint density at radius 1 is 1.15 bits per heavy atom. The van der Waals surface area contributed by atoms with Crippen molar-refractivity contribution in [1.82, 2.24) is 5.32 Å². The quantitative estimate of drug-likeness (QED) is 0.607. The van der Waals surface area contributed by atoms with E-state index in [9.17, 15) is 8.78 Å². The van der Waals surface area contributed by atoms with Gasteiger partial charge in [0, 0.05) is 11.0 Å². The first-order chi connectivity index (χ1) is 9.69. The molecule has 1 aromatic carbocycles. The molecule has 2 nitrogen and oxygen atoms in total. The van der Waals surface area contributed by atoms with Crippen molar-refractivity contribution < 1.29 is 13.2 Å². The fourth-order valence-corrected chi connectivity index (χ4v) is 2.54. The summed E-state index contributed by atoms with van der Waals surface area (Å²) in [6.45, 7) is 3.75. The summed E-state index contributed by atoms with van der Waals surface area (Å²) in [5.74, 6) is 1.08. The number of furan rings is 1. The maximum Gasteiger partial charge on any atom is 0.139 e. The molecule has 0 fully saturated rings. The molecule has 0 aliphatic carbocycles. The van der Waals surface area contributed by atoms with Crippen molar-refractivity contribution in [3.63, 3.8) is 0 Å². The molecule has 2 rings (SSSR count). The first-order valence-electron chi connectivity index (χ1n) is 6.55. The van der Waals surface area contributed by atoms with Gasteiger partial charge in [-0.15, -0.1) is 11.8 Å². The standard InChI is InChI=1S/C15H17F2NOS/c1-2-7-18-9-12-4-5-13(19-12)10-20-15-6-3-11(16)8-14(15)17/h3-6,8,18H,2,7,9-10H2,1H3. The zero-order valence-electron chi connectivity index (χ0n) is 11.3. The molecule has 1 aromatic heterocycles. The third-order valence-electron chi connectivity index (χ3n) is 2.71. The van der Waals surface area contributed by atoms with Gasteiger partial charge in [-0.3, -0.25) is 0 Å². The summed E-state index contributed by atoms with van der Waals surface area (Å²) in [6, 6.07) is 7.40. The van der Waals surface area contributed by atoms with E-state index in [4.69, 9.17) is 4.42 Å². The molecule has 1 N–H and O–H groups in total. The Balaban J connectivity index is 1.87. The van der Waals surface area contributed by atoms with E-state index in [1.165, 1.54) is 23.9 Å². The van der Waals surface area contributed by atoms with Gasteiger partial charge in [-0.05, 0) is 37.2 Å². The van der Waals surface area contributed by atoms with Gasteiger partial charge < -0.3 is 9.73 Å². The van der Waals surface area contributed by atoms with Crippen LogP contribution in [-0.4, -0.2) is 6.54 Å². The zero-order chi connectivity index (χ0) is 14.4. The molecule has 108 valence electrons. The van der Waals surface area contributed by atoms with Crippen molar-refractivity contribution in [2.24, 2.45) is 0 Å². The fraction of sp³-hybridized carbons (Fsp3) is 0.333. The Morgan fingerprint density at radius 3 is 2.70 bits per heavy atom. The van der Waals surface area contributed by atoms with Crippen LogP contribution in [0.3, 0.4) is 0 Å². The lowest BCUT2D eigenvalue weighted by Crippen LogP contribution is -2.12. The molecule has 0 aliphatic rings. The average molecular weight is 297 g/mol. The van der Waals surface area contributed by atoms with Crippen molar-refractivity contribution in [2.75, 3.05) is 6.54 Å². The molecule has 0 radical (unpaired) electrons. The molecule has 0 unspecified atom stereocenters. The van der Waals surface area contributed by atoms with E-state index in [0.29, 0.717) is 17.2 Å². The van der Waals surface area contributed by atoms with Crippen LogP contribution >= 0.6 is 11.8 Å². The van der Waals surface area contributed by atoms with Crippen molar-refractivity contribution in [3.8, 4) is 0 Å². The van der Waals surface area contributed by atoms with E-state index in [2.05, 4.69) is 12.2 Å². The molecule has 0 spiro atoms. The molecule has 5 heteroatoms. The largest absolute Gasteiger partial charge is 0.464 e. The summed E-state index contributed by atoms with van der Waals surface area (Å²) in [7, 11) is 0. The topological polar surface area (TPSA) is 25.2 Å². The highest BCUT2D eigenvalue weighted by molar-refractivity contribution is 7.98. The predicted molar refractivity (Wildman–Crippen MR) is 76.6 cm³/mol. The van der Waals surface area contributed by atoms with Crippen molar-refractivity contribution in [3.05, 3.63) is 53.5 Å². The summed E-state index contributed by atoms with van der Waals surface area (Å²) >= 11 is 1.29. The molecule has 20 heavy (non-hydrogen) atoms. The number of hydrogen-bond acceptors (Lipinski definition) is 3. The van der Waals surface area contributed by atoms with Crippen LogP contribution < -0.4 is 5.32 Å². The zero-order valence-corrected chi connectivity index (χ0v) is 12.1. The average Bonchev–Trinajstić information content (AvgIpc) is 2.86. The second kappa shape index (κ2) is 7.45. The van der Waals surface area contributed by atoms with Gasteiger partial charge in [0.15, 0.2) is 0 Å². The monoisotopic (exact) mass is 297 g/mol. The molecule has 0 atom stereocenters. The smallest absolute Gasteiger partial charge is 0.139 e. The lowest BCUT2D eigenvalue weighted by molar-refractivity contribution is 0.459. The van der Waals surface area contributed by atoms with Gasteiger partial charge in [-0.25, -0.2) is 8.78 Å². The maximum absolute atomic E-state index is 13.5. The summed E-state index contributed by atoms with van der Waals surface area (Å²) in [5.41, 5.74) is 0. The van der Waals surface area contributed by atoms with Crippen LogP contribution in [0.4, 0.5) is 8.78 Å². The van der Waals surface area contributed by atoms with Crippen LogP contribution in [0.25, 0.3) is 0 Å². The lowest BCUT2D eigenvalue weighted by atomic mass is 10.3. The maximum atomic E-state index is 13.5. The van der Waals surface area contributed by atoms with Crippen molar-refractivity contribution in [2.45, 2.75) is 30.5 Å². The number of hydrogen-bond donors (Lipinski definition) is 1. The Morgan fingerprint density at radius 2 is 1.95 bits per heavy atom. The summed E-state index contributed by atoms with van der Waals surface area (Å²) in [4.78, 5) is 0.424. The van der Waals surface area contributed by atoms with E-state index in [-0.39, 0.29) is 0 Å². The van der Waals surface area contributed by atoms with Crippen LogP contribution in [-0.2, 0) is 12.3 Å². The Kier molecular flexibility index (Phi) is 5.61. The minimum atomic E-state index is -0.561. The molecule has 0 bridgehead atoms. The Hall–Kier alpha value is -1.33. The third kappa shape index (κ3) is 4.35. The van der Waals surface area contributed by atoms with Crippen LogP contribution in [0.5, 0.6) is 0 Å². The molecule has 0 aliphatic heterocycles. The fourth-order valence-electron chi connectivity index (χ4n) is 1.72. The van der Waals surface area contributed by atoms with Gasteiger partial charge >= 0.3 is 0 Å². The number of thioether (sulfide) groups is 1. The van der Waals surface area contributed by atoms with E-state index in [1.807, 2.05) is 12.1 Å². The summed E-state index contributed by atoms with van der Waals surface area (Å²) in [5, 5.41) is 3.25. The van der Waals surface area contributed by atoms with Gasteiger partial charge in [-0.1, -0.05) is 6.92 Å². The highest BCUT2D eigenvalue weighted by Gasteiger charge is 2.07. The molecule has 2 aromatic rings. The first kappa shape index (κ1) is 15.1. The van der Waals surface area contributed by atoms with Crippen LogP contribution in [0.15, 0.2) is 39.6 Å². The third-order valence-corrected chi connectivity index (χ3v) is 3.78. The van der Waals surface area contributed by atoms with Crippen LogP contribution in [0.1, 0.15) is 24.9 Å². The van der Waals surface area contributed by atoms with E-state index in [0.717, 1.165) is 30.6 Å². The Bertz CT molecular complexity index is 557. The van der Waals surface area contributed by atoms with Crippen LogP contribution in [0.2, 0.25) is 0 Å². The number of nitrogens with one attached hydrogen (secondary N) is 1. The van der Waals surface area contributed by atoms with E-state index < -0.39 is 11.6 Å². The van der Waals surface area contributed by atoms with Crippen LogP contribution in [0, 0.1) is 11.6 Å². The normalized spacial score (nSPS) is 10.9. The van der Waals surface area contributed by atoms with Crippen molar-refractivity contribution in [1.29, 1.82) is 0 Å². The molecule has 1 heterocycles. The number of halogens is 2. The number of benzene rings is 1.